The van der Waals surface area contributed by atoms with Crippen LogP contribution < -0.4 is 10.1 Å². The van der Waals surface area contributed by atoms with E-state index < -0.39 is 6.10 Å². The average molecular weight is 348 g/mol. The number of carbonyl (C=O) groups excluding carboxylic acids is 1. The van der Waals surface area contributed by atoms with Crippen LogP contribution in [-0.2, 0) is 9.53 Å². The molecule has 0 saturated carbocycles. The van der Waals surface area contributed by atoms with E-state index in [4.69, 9.17) is 9.47 Å². The van der Waals surface area contributed by atoms with Crippen molar-refractivity contribution in [3.8, 4) is 5.75 Å². The van der Waals surface area contributed by atoms with E-state index in [2.05, 4.69) is 17.2 Å². The van der Waals surface area contributed by atoms with Gasteiger partial charge in [-0.25, -0.2) is 4.79 Å². The highest BCUT2D eigenvalue weighted by atomic mass is 16.5. The van der Waals surface area contributed by atoms with Crippen LogP contribution in [-0.4, -0.2) is 43.1 Å². The minimum atomic E-state index is -0.567. The molecule has 0 bridgehead atoms. The molecule has 1 atom stereocenters. The minimum Gasteiger partial charge on any atom is -0.491 e. The number of aliphatic hydroxyl groups excluding tert-OH is 1. The number of aliphatic hydroxyl groups is 1. The lowest BCUT2D eigenvalue weighted by Gasteiger charge is -2.15. The highest BCUT2D eigenvalue weighted by Crippen LogP contribution is 2.16. The van der Waals surface area contributed by atoms with E-state index in [1.807, 2.05) is 26.0 Å². The number of nitrogens with one attached hydrogen (secondary N) is 1. The Hall–Kier alpha value is -2.14. The van der Waals surface area contributed by atoms with Crippen LogP contribution in [0.2, 0.25) is 0 Å². The summed E-state index contributed by atoms with van der Waals surface area (Å²) in [5.41, 5.74) is 0.833. The second-order valence-electron chi connectivity index (χ2n) is 5.98. The molecule has 2 N–H and O–H groups in total. The third-order valence-electron chi connectivity index (χ3n) is 3.28. The third kappa shape index (κ3) is 9.67. The second-order valence-corrected chi connectivity index (χ2v) is 5.98. The monoisotopic (exact) mass is 348 g/mol. The number of benzene rings is 1. The summed E-state index contributed by atoms with van der Waals surface area (Å²) >= 11 is 0. The van der Waals surface area contributed by atoms with Crippen LogP contribution in [0.5, 0.6) is 5.75 Å². The largest absolute Gasteiger partial charge is 0.491 e. The molecule has 0 aliphatic heterocycles. The van der Waals surface area contributed by atoms with Crippen molar-refractivity contribution in [2.24, 2.45) is 4.99 Å². The SMILES string of the molecule is CCCCOC(=Cc1ccc(OCC(O)CNC(C)C)cc1)N=C=O. The highest BCUT2D eigenvalue weighted by molar-refractivity contribution is 5.54. The first-order chi connectivity index (χ1) is 12.0. The standard InChI is InChI=1S/C19H28N2O4/c1-4-5-10-24-19(21-14-22)11-16-6-8-18(9-7-16)25-13-17(23)12-20-15(2)3/h6-9,11,15,17,20,23H,4-5,10,12-13H2,1-3H3. The Bertz CT molecular complexity index is 563. The van der Waals surface area contributed by atoms with Crippen LogP contribution in [0, 0.1) is 0 Å². The van der Waals surface area contributed by atoms with Crippen molar-refractivity contribution in [1.29, 1.82) is 0 Å². The van der Waals surface area contributed by atoms with Gasteiger partial charge in [0.15, 0.2) is 0 Å². The molecular formula is C19H28N2O4. The Morgan fingerprint density at radius 1 is 1.36 bits per heavy atom. The second kappa shape index (κ2) is 12.3. The molecule has 25 heavy (non-hydrogen) atoms. The summed E-state index contributed by atoms with van der Waals surface area (Å²) in [7, 11) is 0. The zero-order valence-electron chi connectivity index (χ0n) is 15.2. The molecular weight excluding hydrogens is 320 g/mol. The van der Waals surface area contributed by atoms with E-state index in [9.17, 15) is 9.90 Å². The molecule has 6 heteroatoms. The quantitative estimate of drug-likeness (QED) is 0.263. The van der Waals surface area contributed by atoms with Gasteiger partial charge in [0, 0.05) is 18.7 Å². The van der Waals surface area contributed by atoms with E-state index in [-0.39, 0.29) is 12.5 Å². The highest BCUT2D eigenvalue weighted by Gasteiger charge is 2.06. The molecule has 1 unspecified atom stereocenters. The number of unbranched alkanes of at least 4 members (excludes halogenated alkanes) is 1. The van der Waals surface area contributed by atoms with E-state index in [0.717, 1.165) is 18.4 Å². The summed E-state index contributed by atoms with van der Waals surface area (Å²) in [6.07, 6.45) is 4.51. The van der Waals surface area contributed by atoms with E-state index in [1.54, 1.807) is 18.2 Å². The van der Waals surface area contributed by atoms with Crippen molar-refractivity contribution in [3.05, 3.63) is 35.7 Å². The van der Waals surface area contributed by atoms with Gasteiger partial charge in [-0.1, -0.05) is 39.3 Å². The molecule has 0 aliphatic rings. The van der Waals surface area contributed by atoms with Crippen molar-refractivity contribution in [2.45, 2.75) is 45.8 Å². The summed E-state index contributed by atoms with van der Waals surface area (Å²) in [5.74, 6) is 0.903. The van der Waals surface area contributed by atoms with Gasteiger partial charge in [-0.15, -0.1) is 4.99 Å². The van der Waals surface area contributed by atoms with Gasteiger partial charge in [-0.2, -0.15) is 0 Å². The van der Waals surface area contributed by atoms with Crippen LogP contribution in [0.3, 0.4) is 0 Å². The summed E-state index contributed by atoms with van der Waals surface area (Å²) in [6, 6.07) is 7.57. The van der Waals surface area contributed by atoms with Gasteiger partial charge in [0.2, 0.25) is 12.0 Å². The molecule has 0 heterocycles. The molecule has 0 spiro atoms. The molecule has 1 rings (SSSR count). The zero-order valence-corrected chi connectivity index (χ0v) is 15.2. The van der Waals surface area contributed by atoms with Crippen molar-refractivity contribution in [2.75, 3.05) is 19.8 Å². The molecule has 0 fully saturated rings. The molecule has 0 saturated heterocycles. The fraction of sp³-hybridized carbons (Fsp3) is 0.526. The lowest BCUT2D eigenvalue weighted by molar-refractivity contribution is 0.104. The number of hydrogen-bond donors (Lipinski definition) is 2. The zero-order chi connectivity index (χ0) is 18.5. The Balaban J connectivity index is 2.56. The topological polar surface area (TPSA) is 80.2 Å². The third-order valence-corrected chi connectivity index (χ3v) is 3.28. The fourth-order valence-corrected chi connectivity index (χ4v) is 1.90. The van der Waals surface area contributed by atoms with E-state index in [1.165, 1.54) is 6.08 Å². The summed E-state index contributed by atoms with van der Waals surface area (Å²) < 4.78 is 11.0. The smallest absolute Gasteiger partial charge is 0.243 e. The lowest BCUT2D eigenvalue weighted by Crippen LogP contribution is -2.35. The maximum Gasteiger partial charge on any atom is 0.243 e. The van der Waals surface area contributed by atoms with Crippen molar-refractivity contribution in [1.82, 2.24) is 5.32 Å². The first-order valence-corrected chi connectivity index (χ1v) is 8.61. The Morgan fingerprint density at radius 2 is 2.08 bits per heavy atom. The van der Waals surface area contributed by atoms with Crippen molar-refractivity contribution in [3.63, 3.8) is 0 Å². The summed E-state index contributed by atoms with van der Waals surface area (Å²) in [4.78, 5) is 14.0. The Morgan fingerprint density at radius 3 is 2.68 bits per heavy atom. The maximum absolute atomic E-state index is 10.5. The van der Waals surface area contributed by atoms with Gasteiger partial charge in [0.05, 0.1) is 6.61 Å². The summed E-state index contributed by atoms with van der Waals surface area (Å²) in [5, 5.41) is 13.0. The molecule has 0 aromatic heterocycles. The van der Waals surface area contributed by atoms with Gasteiger partial charge in [0.1, 0.15) is 18.5 Å². The average Bonchev–Trinajstić information content (AvgIpc) is 2.59. The van der Waals surface area contributed by atoms with Crippen molar-refractivity contribution >= 4 is 12.2 Å². The van der Waals surface area contributed by atoms with Gasteiger partial charge in [0.25, 0.3) is 0 Å². The number of aliphatic imine (C=N–C) groups is 1. The number of rotatable bonds is 12. The fourth-order valence-electron chi connectivity index (χ4n) is 1.90. The first-order valence-electron chi connectivity index (χ1n) is 8.61. The predicted molar refractivity (Wildman–Crippen MR) is 98.0 cm³/mol. The van der Waals surface area contributed by atoms with Crippen LogP contribution >= 0.6 is 0 Å². The van der Waals surface area contributed by atoms with Crippen LogP contribution in [0.15, 0.2) is 35.1 Å². The molecule has 0 radical (unpaired) electrons. The number of hydrogen-bond acceptors (Lipinski definition) is 6. The van der Waals surface area contributed by atoms with Gasteiger partial charge >= 0.3 is 0 Å². The molecule has 1 aromatic carbocycles. The van der Waals surface area contributed by atoms with Crippen LogP contribution in [0.1, 0.15) is 39.2 Å². The Labute approximate surface area is 149 Å². The van der Waals surface area contributed by atoms with Crippen LogP contribution in [0.25, 0.3) is 6.08 Å². The van der Waals surface area contributed by atoms with Gasteiger partial charge < -0.3 is 19.9 Å². The lowest BCUT2D eigenvalue weighted by atomic mass is 10.2. The molecule has 0 aliphatic carbocycles. The van der Waals surface area contributed by atoms with Gasteiger partial charge in [-0.05, 0) is 24.1 Å². The molecule has 6 nitrogen and oxygen atoms in total. The van der Waals surface area contributed by atoms with Crippen molar-refractivity contribution < 1.29 is 19.4 Å². The van der Waals surface area contributed by atoms with E-state index >= 15 is 0 Å². The maximum atomic E-state index is 10.5. The minimum absolute atomic E-state index is 0.218. The molecule has 0 amide bonds. The first kappa shape index (κ1) is 20.9. The van der Waals surface area contributed by atoms with E-state index in [0.29, 0.717) is 24.9 Å². The molecule has 138 valence electrons. The normalized spacial score (nSPS) is 12.6. The van der Waals surface area contributed by atoms with Crippen LogP contribution in [0.4, 0.5) is 0 Å². The Kier molecular flexibility index (Phi) is 10.2. The predicted octanol–water partition coefficient (Wildman–Crippen LogP) is 2.88. The number of isocyanates is 1. The molecule has 1 aromatic rings. The summed E-state index contributed by atoms with van der Waals surface area (Å²) in [6.45, 7) is 7.32. The number of nitrogens with zero attached hydrogens (tertiary/aromatic N) is 1. The number of ether oxygens (including phenoxy) is 2. The van der Waals surface area contributed by atoms with Gasteiger partial charge in [-0.3, -0.25) is 0 Å².